The highest BCUT2D eigenvalue weighted by molar-refractivity contribution is 7.80. The van der Waals surface area contributed by atoms with Gasteiger partial charge in [0, 0.05) is 10.5 Å². The third-order valence-corrected chi connectivity index (χ3v) is 2.33. The Hall–Kier alpha value is -1.67. The predicted octanol–water partition coefficient (Wildman–Crippen LogP) is 1.66. The normalized spacial score (nSPS) is 9.56. The molecule has 0 aromatic heterocycles. The van der Waals surface area contributed by atoms with Gasteiger partial charge in [-0.25, -0.2) is 0 Å². The Kier molecular flexibility index (Phi) is 4.20. The van der Waals surface area contributed by atoms with Crippen molar-refractivity contribution in [2.24, 2.45) is 0 Å². The van der Waals surface area contributed by atoms with Gasteiger partial charge in [-0.2, -0.15) is 5.26 Å². The van der Waals surface area contributed by atoms with Crippen molar-refractivity contribution in [3.63, 3.8) is 0 Å². The number of nitrogens with zero attached hydrogens (tertiary/aromatic N) is 1. The fourth-order valence-corrected chi connectivity index (χ4v) is 1.46. The van der Waals surface area contributed by atoms with E-state index in [0.717, 1.165) is 0 Å². The van der Waals surface area contributed by atoms with Gasteiger partial charge < -0.3 is 9.84 Å². The number of hydrogen-bond acceptors (Lipinski definition) is 5. The molecule has 0 amide bonds. The first-order valence-corrected chi connectivity index (χ1v) is 5.13. The molecule has 0 radical (unpaired) electrons. The third-order valence-electron chi connectivity index (χ3n) is 1.96. The largest absolute Gasteiger partial charge is 0.508 e. The number of benzene rings is 1. The van der Waals surface area contributed by atoms with Gasteiger partial charge in [-0.15, -0.1) is 12.6 Å². The third kappa shape index (κ3) is 2.91. The van der Waals surface area contributed by atoms with Gasteiger partial charge in [0.25, 0.3) is 0 Å². The van der Waals surface area contributed by atoms with Crippen molar-refractivity contribution >= 4 is 18.6 Å². The first-order chi connectivity index (χ1) is 7.58. The van der Waals surface area contributed by atoms with Crippen LogP contribution in [0.2, 0.25) is 0 Å². The Balaban J connectivity index is 2.97. The number of ether oxygens (including phenoxy) is 1. The Morgan fingerprint density at radius 2 is 2.31 bits per heavy atom. The zero-order chi connectivity index (χ0) is 12.1. The quantitative estimate of drug-likeness (QED) is 0.619. The Bertz CT molecular complexity index is 451. The average molecular weight is 237 g/mol. The van der Waals surface area contributed by atoms with Crippen LogP contribution in [0.3, 0.4) is 0 Å². The van der Waals surface area contributed by atoms with Crippen molar-refractivity contribution in [3.8, 4) is 11.8 Å². The van der Waals surface area contributed by atoms with E-state index in [-0.39, 0.29) is 18.8 Å². The van der Waals surface area contributed by atoms with Crippen molar-refractivity contribution in [2.75, 3.05) is 6.61 Å². The molecule has 1 aromatic carbocycles. The molecule has 16 heavy (non-hydrogen) atoms. The first-order valence-electron chi connectivity index (χ1n) is 4.69. The topological polar surface area (TPSA) is 70.3 Å². The maximum absolute atomic E-state index is 11.2. The smallest absolute Gasteiger partial charge is 0.310 e. The molecule has 1 rings (SSSR count). The highest BCUT2D eigenvalue weighted by atomic mass is 32.1. The van der Waals surface area contributed by atoms with Crippen molar-refractivity contribution < 1.29 is 14.6 Å². The minimum atomic E-state index is -0.436. The van der Waals surface area contributed by atoms with E-state index in [0.29, 0.717) is 16.0 Å². The molecule has 0 saturated heterocycles. The highest BCUT2D eigenvalue weighted by Crippen LogP contribution is 2.25. The lowest BCUT2D eigenvalue weighted by Gasteiger charge is -2.06. The first kappa shape index (κ1) is 12.4. The van der Waals surface area contributed by atoms with E-state index in [1.54, 1.807) is 6.92 Å². The second-order valence-electron chi connectivity index (χ2n) is 3.09. The lowest BCUT2D eigenvalue weighted by atomic mass is 10.1. The lowest BCUT2D eigenvalue weighted by molar-refractivity contribution is -0.142. The van der Waals surface area contributed by atoms with E-state index < -0.39 is 5.97 Å². The second-order valence-corrected chi connectivity index (χ2v) is 3.57. The van der Waals surface area contributed by atoms with E-state index in [1.165, 1.54) is 12.1 Å². The fourth-order valence-electron chi connectivity index (χ4n) is 1.22. The summed E-state index contributed by atoms with van der Waals surface area (Å²) in [6.07, 6.45) is -0.0532. The van der Waals surface area contributed by atoms with Gasteiger partial charge in [-0.3, -0.25) is 4.79 Å². The van der Waals surface area contributed by atoms with Crippen LogP contribution in [0.25, 0.3) is 0 Å². The Labute approximate surface area is 98.9 Å². The van der Waals surface area contributed by atoms with Crippen LogP contribution in [0.5, 0.6) is 5.75 Å². The highest BCUT2D eigenvalue weighted by Gasteiger charge is 2.11. The van der Waals surface area contributed by atoms with Crippen molar-refractivity contribution in [3.05, 3.63) is 23.3 Å². The zero-order valence-electron chi connectivity index (χ0n) is 8.73. The van der Waals surface area contributed by atoms with Crippen LogP contribution in [0.1, 0.15) is 18.1 Å². The van der Waals surface area contributed by atoms with Crippen LogP contribution in [-0.2, 0) is 16.0 Å². The number of carbonyl (C=O) groups excluding carboxylic acids is 1. The van der Waals surface area contributed by atoms with Crippen molar-refractivity contribution in [1.82, 2.24) is 0 Å². The maximum Gasteiger partial charge on any atom is 0.310 e. The Morgan fingerprint density at radius 1 is 1.62 bits per heavy atom. The maximum atomic E-state index is 11.2. The fraction of sp³-hybridized carbons (Fsp3) is 0.273. The average Bonchev–Trinajstić information content (AvgIpc) is 2.22. The Morgan fingerprint density at radius 3 is 2.88 bits per heavy atom. The minimum Gasteiger partial charge on any atom is -0.508 e. The SMILES string of the molecule is CCOC(=O)Cc1cc(C#N)c(S)cc1O. The summed E-state index contributed by atoms with van der Waals surface area (Å²) in [5.74, 6) is -0.495. The molecule has 0 spiro atoms. The number of thiol groups is 1. The molecule has 0 unspecified atom stereocenters. The zero-order valence-corrected chi connectivity index (χ0v) is 9.62. The van der Waals surface area contributed by atoms with E-state index in [4.69, 9.17) is 10.00 Å². The van der Waals surface area contributed by atoms with Gasteiger partial charge in [0.15, 0.2) is 0 Å². The van der Waals surface area contributed by atoms with Crippen LogP contribution >= 0.6 is 12.6 Å². The summed E-state index contributed by atoms with van der Waals surface area (Å²) in [5.41, 5.74) is 0.688. The molecule has 4 nitrogen and oxygen atoms in total. The molecule has 0 aliphatic carbocycles. The molecule has 1 aromatic rings. The monoisotopic (exact) mass is 237 g/mol. The molecule has 0 aliphatic heterocycles. The lowest BCUT2D eigenvalue weighted by Crippen LogP contribution is -2.07. The minimum absolute atomic E-state index is 0.0532. The van der Waals surface area contributed by atoms with Gasteiger partial charge in [0.2, 0.25) is 0 Å². The number of esters is 1. The van der Waals surface area contributed by atoms with Crippen LogP contribution < -0.4 is 0 Å². The summed E-state index contributed by atoms with van der Waals surface area (Å²) in [5, 5.41) is 18.3. The van der Waals surface area contributed by atoms with Crippen LogP contribution in [0, 0.1) is 11.3 Å². The summed E-state index contributed by atoms with van der Waals surface area (Å²) >= 11 is 4.03. The molecule has 1 N–H and O–H groups in total. The molecule has 0 heterocycles. The molecule has 0 aliphatic rings. The summed E-state index contributed by atoms with van der Waals surface area (Å²) < 4.78 is 4.75. The predicted molar refractivity (Wildman–Crippen MR) is 60.4 cm³/mol. The number of rotatable bonds is 3. The van der Waals surface area contributed by atoms with Crippen LogP contribution in [0.4, 0.5) is 0 Å². The number of carbonyl (C=O) groups is 1. The summed E-state index contributed by atoms with van der Waals surface area (Å²) in [6, 6.07) is 4.71. The van der Waals surface area contributed by atoms with E-state index in [2.05, 4.69) is 12.6 Å². The molecule has 0 saturated carbocycles. The molecule has 84 valence electrons. The van der Waals surface area contributed by atoms with E-state index in [1.807, 2.05) is 6.07 Å². The van der Waals surface area contributed by atoms with Gasteiger partial charge in [0.05, 0.1) is 18.6 Å². The van der Waals surface area contributed by atoms with E-state index >= 15 is 0 Å². The number of aromatic hydroxyl groups is 1. The number of nitriles is 1. The number of hydrogen-bond donors (Lipinski definition) is 2. The molecular formula is C11H11NO3S. The summed E-state index contributed by atoms with van der Waals surface area (Å²) in [6.45, 7) is 1.99. The van der Waals surface area contributed by atoms with Gasteiger partial charge in [-0.1, -0.05) is 0 Å². The molecule has 0 atom stereocenters. The van der Waals surface area contributed by atoms with E-state index in [9.17, 15) is 9.90 Å². The summed E-state index contributed by atoms with van der Waals surface area (Å²) in [7, 11) is 0. The standard InChI is InChI=1S/C11H11NO3S/c1-2-15-11(14)4-7-3-8(6-12)10(16)5-9(7)13/h3,5,13,16H,2,4H2,1H3. The van der Waals surface area contributed by atoms with Gasteiger partial charge in [0.1, 0.15) is 11.8 Å². The molecule has 0 fully saturated rings. The molecule has 5 heteroatoms. The van der Waals surface area contributed by atoms with Crippen LogP contribution in [-0.4, -0.2) is 17.7 Å². The second kappa shape index (κ2) is 5.42. The number of phenols is 1. The van der Waals surface area contributed by atoms with Crippen molar-refractivity contribution in [1.29, 1.82) is 5.26 Å². The molecular weight excluding hydrogens is 226 g/mol. The van der Waals surface area contributed by atoms with Crippen molar-refractivity contribution in [2.45, 2.75) is 18.2 Å². The van der Waals surface area contributed by atoms with Gasteiger partial charge in [-0.05, 0) is 19.1 Å². The summed E-state index contributed by atoms with van der Waals surface area (Å²) in [4.78, 5) is 11.6. The molecule has 0 bridgehead atoms. The number of phenolic OH excluding ortho intramolecular Hbond substituents is 1. The van der Waals surface area contributed by atoms with Crippen LogP contribution in [0.15, 0.2) is 17.0 Å². The van der Waals surface area contributed by atoms with Gasteiger partial charge >= 0.3 is 5.97 Å².